The van der Waals surface area contributed by atoms with Crippen molar-refractivity contribution in [2.24, 2.45) is 0 Å². The fourth-order valence-electron chi connectivity index (χ4n) is 1.97. The Balaban J connectivity index is 2.31. The van der Waals surface area contributed by atoms with E-state index in [1.807, 2.05) is 12.1 Å². The number of fused-ring (bicyclic) bond motifs is 1. The molecule has 0 aliphatic heterocycles. The summed E-state index contributed by atoms with van der Waals surface area (Å²) in [7, 11) is 1.48. The van der Waals surface area contributed by atoms with Crippen LogP contribution < -0.4 is 10.1 Å². The molecule has 0 spiro atoms. The van der Waals surface area contributed by atoms with Crippen LogP contribution in [0.3, 0.4) is 0 Å². The Hall–Kier alpha value is -2.63. The fraction of sp³-hybridized carbons (Fsp3) is 0.267. The maximum atomic E-state index is 12.3. The molecule has 1 heterocycles. The van der Waals surface area contributed by atoms with Crippen LogP contribution in [0.5, 0.6) is 5.75 Å². The second-order valence-corrected chi connectivity index (χ2v) is 4.21. The molecule has 1 N–H and O–H groups in total. The Morgan fingerprint density at radius 2 is 2.10 bits per heavy atom. The summed E-state index contributed by atoms with van der Waals surface area (Å²) in [5, 5.41) is 3.34. The topological polar surface area (TPSA) is 77.5 Å². The van der Waals surface area contributed by atoms with E-state index in [1.54, 1.807) is 25.3 Å². The van der Waals surface area contributed by atoms with E-state index < -0.39 is 11.9 Å². The van der Waals surface area contributed by atoms with Crippen LogP contribution in [0.2, 0.25) is 0 Å². The molecule has 2 rings (SSSR count). The summed E-state index contributed by atoms with van der Waals surface area (Å²) >= 11 is 0. The molecule has 0 saturated carbocycles. The standard InChI is InChI=1S/C15H16N2O4/c1-3-21-12(18)9-17-15(19)13-11(20-2)7-6-10-5-4-8-16-14(10)13/h4-8H,3,9H2,1-2H3,(H,17,19). The zero-order valence-corrected chi connectivity index (χ0v) is 11.9. The molecule has 0 atom stereocenters. The number of benzene rings is 1. The normalized spacial score (nSPS) is 10.2. The van der Waals surface area contributed by atoms with Crippen molar-refractivity contribution in [3.8, 4) is 5.75 Å². The highest BCUT2D eigenvalue weighted by Crippen LogP contribution is 2.26. The average Bonchev–Trinajstić information content (AvgIpc) is 2.51. The molecular weight excluding hydrogens is 272 g/mol. The minimum absolute atomic E-state index is 0.195. The maximum Gasteiger partial charge on any atom is 0.325 e. The van der Waals surface area contributed by atoms with Gasteiger partial charge in [0.25, 0.3) is 5.91 Å². The van der Waals surface area contributed by atoms with Crippen molar-refractivity contribution in [3.05, 3.63) is 36.0 Å². The Bertz CT molecular complexity index is 670. The van der Waals surface area contributed by atoms with Crippen LogP contribution in [-0.4, -0.2) is 37.1 Å². The summed E-state index contributed by atoms with van der Waals surface area (Å²) in [5.41, 5.74) is 0.832. The van der Waals surface area contributed by atoms with Gasteiger partial charge in [-0.2, -0.15) is 0 Å². The first-order valence-corrected chi connectivity index (χ1v) is 6.53. The molecular formula is C15H16N2O4. The highest BCUT2D eigenvalue weighted by atomic mass is 16.5. The predicted molar refractivity (Wildman–Crippen MR) is 77.3 cm³/mol. The Morgan fingerprint density at radius 1 is 1.29 bits per heavy atom. The van der Waals surface area contributed by atoms with Crippen LogP contribution in [0, 0.1) is 0 Å². The summed E-state index contributed by atoms with van der Waals surface area (Å²) in [5.74, 6) is -0.509. The lowest BCUT2D eigenvalue weighted by atomic mass is 10.1. The third-order valence-corrected chi connectivity index (χ3v) is 2.88. The number of aromatic nitrogens is 1. The van der Waals surface area contributed by atoms with Crippen molar-refractivity contribution >= 4 is 22.8 Å². The summed E-state index contributed by atoms with van der Waals surface area (Å²) in [6.07, 6.45) is 1.60. The monoisotopic (exact) mass is 288 g/mol. The molecule has 6 heteroatoms. The van der Waals surface area contributed by atoms with Gasteiger partial charge in [-0.3, -0.25) is 14.6 Å². The average molecular weight is 288 g/mol. The molecule has 21 heavy (non-hydrogen) atoms. The molecule has 110 valence electrons. The number of nitrogens with one attached hydrogen (secondary N) is 1. The number of methoxy groups -OCH3 is 1. The summed E-state index contributed by atoms with van der Waals surface area (Å²) in [6.45, 7) is 1.78. The van der Waals surface area contributed by atoms with E-state index in [0.717, 1.165) is 5.39 Å². The smallest absolute Gasteiger partial charge is 0.325 e. The van der Waals surface area contributed by atoms with Gasteiger partial charge in [-0.1, -0.05) is 6.07 Å². The van der Waals surface area contributed by atoms with Crippen LogP contribution >= 0.6 is 0 Å². The molecule has 0 saturated heterocycles. The highest BCUT2D eigenvalue weighted by Gasteiger charge is 2.18. The number of nitrogens with zero attached hydrogens (tertiary/aromatic N) is 1. The Kier molecular flexibility index (Phi) is 4.71. The number of carbonyl (C=O) groups excluding carboxylic acids is 2. The van der Waals surface area contributed by atoms with Crippen LogP contribution in [0.4, 0.5) is 0 Å². The van der Waals surface area contributed by atoms with Gasteiger partial charge in [-0.25, -0.2) is 0 Å². The van der Waals surface area contributed by atoms with Gasteiger partial charge in [0.05, 0.1) is 19.2 Å². The number of carbonyl (C=O) groups is 2. The summed E-state index contributed by atoms with van der Waals surface area (Å²) in [4.78, 5) is 27.8. The number of hydrogen-bond donors (Lipinski definition) is 1. The van der Waals surface area contributed by atoms with Gasteiger partial charge < -0.3 is 14.8 Å². The Morgan fingerprint density at radius 3 is 2.81 bits per heavy atom. The molecule has 0 aliphatic carbocycles. The molecule has 1 aromatic carbocycles. The zero-order chi connectivity index (χ0) is 15.2. The Labute approximate surface area is 122 Å². The first-order chi connectivity index (χ1) is 10.2. The van der Waals surface area contributed by atoms with Crippen LogP contribution in [0.25, 0.3) is 10.9 Å². The lowest BCUT2D eigenvalue weighted by molar-refractivity contribution is -0.141. The van der Waals surface area contributed by atoms with E-state index in [0.29, 0.717) is 16.8 Å². The molecule has 1 aromatic heterocycles. The van der Waals surface area contributed by atoms with Crippen LogP contribution in [-0.2, 0) is 9.53 Å². The number of esters is 1. The molecule has 0 bridgehead atoms. The van der Waals surface area contributed by atoms with Crippen LogP contribution in [0.15, 0.2) is 30.5 Å². The van der Waals surface area contributed by atoms with Gasteiger partial charge in [-0.15, -0.1) is 0 Å². The van der Waals surface area contributed by atoms with Crippen LogP contribution in [0.1, 0.15) is 17.3 Å². The molecule has 0 aliphatic rings. The number of rotatable bonds is 5. The van der Waals surface area contributed by atoms with Gasteiger partial charge in [0.2, 0.25) is 0 Å². The van der Waals surface area contributed by atoms with E-state index in [-0.39, 0.29) is 13.2 Å². The summed E-state index contributed by atoms with van der Waals surface area (Å²) in [6, 6.07) is 7.16. The van der Waals surface area contributed by atoms with Crippen molar-refractivity contribution in [2.75, 3.05) is 20.3 Å². The van der Waals surface area contributed by atoms with Gasteiger partial charge in [-0.05, 0) is 25.1 Å². The highest BCUT2D eigenvalue weighted by molar-refractivity contribution is 6.08. The van der Waals surface area contributed by atoms with Crippen molar-refractivity contribution in [2.45, 2.75) is 6.92 Å². The number of ether oxygens (including phenoxy) is 2. The largest absolute Gasteiger partial charge is 0.496 e. The van der Waals surface area contributed by atoms with Gasteiger partial charge in [0, 0.05) is 11.6 Å². The van der Waals surface area contributed by atoms with Gasteiger partial charge in [0.15, 0.2) is 0 Å². The third kappa shape index (κ3) is 3.28. The van der Waals surface area contributed by atoms with Gasteiger partial charge >= 0.3 is 5.97 Å². The minimum Gasteiger partial charge on any atom is -0.496 e. The van der Waals surface area contributed by atoms with Crippen molar-refractivity contribution in [1.29, 1.82) is 0 Å². The molecule has 0 unspecified atom stereocenters. The second-order valence-electron chi connectivity index (χ2n) is 4.21. The van der Waals surface area contributed by atoms with E-state index >= 15 is 0 Å². The number of hydrogen-bond acceptors (Lipinski definition) is 5. The van der Waals surface area contributed by atoms with Gasteiger partial charge in [0.1, 0.15) is 17.9 Å². The lowest BCUT2D eigenvalue weighted by Gasteiger charge is -2.11. The van der Waals surface area contributed by atoms with E-state index in [4.69, 9.17) is 9.47 Å². The first-order valence-electron chi connectivity index (χ1n) is 6.53. The number of pyridine rings is 1. The zero-order valence-electron chi connectivity index (χ0n) is 11.9. The predicted octanol–water partition coefficient (Wildman–Crippen LogP) is 1.54. The molecule has 0 fully saturated rings. The van der Waals surface area contributed by atoms with E-state index in [9.17, 15) is 9.59 Å². The minimum atomic E-state index is -0.488. The van der Waals surface area contributed by atoms with E-state index in [2.05, 4.69) is 10.3 Å². The first kappa shape index (κ1) is 14.8. The maximum absolute atomic E-state index is 12.3. The quantitative estimate of drug-likeness (QED) is 0.844. The number of amides is 1. The van der Waals surface area contributed by atoms with Crippen molar-refractivity contribution < 1.29 is 19.1 Å². The SMILES string of the molecule is CCOC(=O)CNC(=O)c1c(OC)ccc2cccnc12. The van der Waals surface area contributed by atoms with E-state index in [1.165, 1.54) is 7.11 Å². The van der Waals surface area contributed by atoms with Crippen molar-refractivity contribution in [1.82, 2.24) is 10.3 Å². The second kappa shape index (κ2) is 6.69. The molecule has 2 aromatic rings. The summed E-state index contributed by atoms with van der Waals surface area (Å²) < 4.78 is 9.98. The van der Waals surface area contributed by atoms with Crippen molar-refractivity contribution in [3.63, 3.8) is 0 Å². The lowest BCUT2D eigenvalue weighted by Crippen LogP contribution is -2.31. The third-order valence-electron chi connectivity index (χ3n) is 2.88. The molecule has 0 radical (unpaired) electrons. The molecule has 6 nitrogen and oxygen atoms in total. The molecule has 1 amide bonds. The fourth-order valence-corrected chi connectivity index (χ4v) is 1.97.